The Morgan fingerprint density at radius 2 is 0.609 bits per heavy atom. The highest BCUT2D eigenvalue weighted by molar-refractivity contribution is 6.31. The minimum absolute atomic E-state index is 0.291. The molecule has 0 aliphatic carbocycles. The summed E-state index contributed by atoms with van der Waals surface area (Å²) < 4.78 is 34.5. The Hall–Kier alpha value is -6.12. The Balaban J connectivity index is 1.47. The average Bonchev–Trinajstić information content (AvgIpc) is 3.33. The summed E-state index contributed by atoms with van der Waals surface area (Å²) in [4.78, 5) is 45.0. The van der Waals surface area contributed by atoms with Gasteiger partial charge in [-0.15, -0.1) is 0 Å². The first kappa shape index (κ1) is 50.7. The first-order chi connectivity index (χ1) is 33.5. The van der Waals surface area contributed by atoms with E-state index in [0.717, 1.165) is 16.7 Å². The number of carbonyl (C=O) groups is 3. The van der Waals surface area contributed by atoms with E-state index in [2.05, 4.69) is 51.1 Å². The van der Waals surface area contributed by atoms with Crippen LogP contribution in [0.25, 0.3) is 0 Å². The molecule has 0 radical (unpaired) electrons. The van der Waals surface area contributed by atoms with Crippen molar-refractivity contribution in [2.75, 3.05) is 41.2 Å². The molecule has 12 nitrogen and oxygen atoms in total. The molecule has 1 aliphatic rings. The summed E-state index contributed by atoms with van der Waals surface area (Å²) >= 11 is 21.2. The van der Waals surface area contributed by atoms with Crippen LogP contribution in [0.15, 0.2) is 127 Å². The summed E-state index contributed by atoms with van der Waals surface area (Å²) in [5.74, 6) is -0.294. The fourth-order valence-electron chi connectivity index (χ4n) is 8.44. The zero-order valence-electron chi connectivity index (χ0n) is 38.8. The van der Waals surface area contributed by atoms with Gasteiger partial charge in [0, 0.05) is 107 Å². The molecular formula is C54H54Cl3N3O9. The summed E-state index contributed by atoms with van der Waals surface area (Å²) in [6.07, 6.45) is 0. The van der Waals surface area contributed by atoms with Crippen molar-refractivity contribution in [1.82, 2.24) is 14.7 Å². The van der Waals surface area contributed by atoms with E-state index in [4.69, 9.17) is 63.2 Å². The first-order valence-electron chi connectivity index (χ1n) is 22.3. The van der Waals surface area contributed by atoms with Crippen molar-refractivity contribution in [3.8, 4) is 17.2 Å². The predicted molar refractivity (Wildman–Crippen MR) is 265 cm³/mol. The fourth-order valence-corrected chi connectivity index (χ4v) is 9.23. The predicted octanol–water partition coefficient (Wildman–Crippen LogP) is 10.2. The number of halogens is 3. The molecule has 0 fully saturated rings. The number of hydrogen-bond acceptors (Lipinski definition) is 12. The van der Waals surface area contributed by atoms with Crippen LogP contribution in [-0.2, 0) is 87.5 Å². The van der Waals surface area contributed by atoms with Gasteiger partial charge in [0.05, 0.1) is 21.3 Å². The SMILES string of the molecule is COC(=O)COc1c2cc(Cl)cc1CN(Cc1ccccc1)Cc1cc(Cl)cc(c1OCC(=O)OC)CN(Cc1ccccc1)Cc1cc(Cl)cc(c1OCC(=O)OC)CN(Cc1ccccc1)C2. The third kappa shape index (κ3) is 14.7. The van der Waals surface area contributed by atoms with E-state index in [-0.39, 0.29) is 19.8 Å². The highest BCUT2D eigenvalue weighted by atomic mass is 35.5. The maximum atomic E-state index is 12.8. The van der Waals surface area contributed by atoms with Crippen molar-refractivity contribution in [1.29, 1.82) is 0 Å². The van der Waals surface area contributed by atoms with Gasteiger partial charge in [-0.25, -0.2) is 14.4 Å². The highest BCUT2D eigenvalue weighted by Gasteiger charge is 2.26. The van der Waals surface area contributed by atoms with Gasteiger partial charge < -0.3 is 28.4 Å². The molecule has 1 aliphatic heterocycles. The standard InChI is InChI=1S/C54H54Cl3N3O9/c1-64-49(61)34-67-52-40-19-46(55)20-41(52)29-59(26-38-15-9-5-10-16-38)31-43-22-48(57)24-45(54(43)69-36-51(63)66-3)33-60(27-39-17-11-6-12-18-39)32-44-23-47(56)21-42(53(44)68-35-50(62)65-2)30-58(28-40)25-37-13-7-4-8-14-37/h4-24H,25-36H2,1-3H3. The molecular weight excluding hydrogens is 941 g/mol. The van der Waals surface area contributed by atoms with Gasteiger partial charge in [-0.2, -0.15) is 0 Å². The third-order valence-corrected chi connectivity index (χ3v) is 12.1. The molecule has 6 bridgehead atoms. The van der Waals surface area contributed by atoms with Crippen LogP contribution in [0.4, 0.5) is 0 Å². The van der Waals surface area contributed by atoms with Gasteiger partial charge in [-0.1, -0.05) is 126 Å². The number of benzene rings is 6. The van der Waals surface area contributed by atoms with Crippen LogP contribution < -0.4 is 14.2 Å². The Morgan fingerprint density at radius 3 is 0.812 bits per heavy atom. The van der Waals surface area contributed by atoms with Crippen LogP contribution in [0.1, 0.15) is 50.1 Å². The second-order valence-electron chi connectivity index (χ2n) is 16.6. The van der Waals surface area contributed by atoms with Gasteiger partial charge in [0.1, 0.15) is 17.2 Å². The Kier molecular flexibility index (Phi) is 18.3. The van der Waals surface area contributed by atoms with E-state index in [1.165, 1.54) is 21.3 Å². The van der Waals surface area contributed by atoms with Crippen molar-refractivity contribution in [3.63, 3.8) is 0 Å². The summed E-state index contributed by atoms with van der Waals surface area (Å²) in [7, 11) is 3.94. The second kappa shape index (κ2) is 24.9. The van der Waals surface area contributed by atoms with Crippen molar-refractivity contribution >= 4 is 52.7 Å². The number of fused-ring (bicyclic) bond motifs is 6. The van der Waals surface area contributed by atoms with Crippen LogP contribution >= 0.6 is 34.8 Å². The molecule has 360 valence electrons. The molecule has 15 heteroatoms. The molecule has 0 unspecified atom stereocenters. The number of ether oxygens (including phenoxy) is 6. The van der Waals surface area contributed by atoms with E-state index >= 15 is 0 Å². The van der Waals surface area contributed by atoms with Crippen molar-refractivity contribution in [3.05, 3.63) is 193 Å². The van der Waals surface area contributed by atoms with E-state index in [9.17, 15) is 14.4 Å². The van der Waals surface area contributed by atoms with Crippen LogP contribution in [-0.4, -0.2) is 73.8 Å². The lowest BCUT2D eigenvalue weighted by molar-refractivity contribution is -0.143. The van der Waals surface area contributed by atoms with Crippen LogP contribution in [0.5, 0.6) is 17.2 Å². The molecule has 6 aromatic rings. The minimum Gasteiger partial charge on any atom is -0.481 e. The molecule has 7 rings (SSSR count). The first-order valence-corrected chi connectivity index (χ1v) is 23.4. The summed E-state index contributed by atoms with van der Waals surface area (Å²) in [5.41, 5.74) is 7.34. The molecule has 1 heterocycles. The number of hydrogen-bond donors (Lipinski definition) is 0. The normalized spacial score (nSPS) is 13.7. The molecule has 0 aromatic heterocycles. The number of esters is 3. The number of methoxy groups -OCH3 is 3. The van der Waals surface area contributed by atoms with E-state index < -0.39 is 17.9 Å². The Labute approximate surface area is 418 Å². The van der Waals surface area contributed by atoms with E-state index in [1.807, 2.05) is 91.0 Å². The van der Waals surface area contributed by atoms with Gasteiger partial charge in [-0.3, -0.25) is 14.7 Å². The van der Waals surface area contributed by atoms with Crippen LogP contribution in [0, 0.1) is 0 Å². The molecule has 6 aromatic carbocycles. The van der Waals surface area contributed by atoms with Gasteiger partial charge >= 0.3 is 17.9 Å². The molecule has 0 amide bonds. The molecule has 0 spiro atoms. The molecule has 0 saturated carbocycles. The minimum atomic E-state index is -0.558. The summed E-state index contributed by atoms with van der Waals surface area (Å²) in [5, 5.41) is 1.37. The van der Waals surface area contributed by atoms with Crippen molar-refractivity contribution < 1.29 is 42.8 Å². The lowest BCUT2D eigenvalue weighted by Gasteiger charge is -2.30. The molecule has 0 saturated heterocycles. The third-order valence-electron chi connectivity index (χ3n) is 11.4. The quantitative estimate of drug-likeness (QED) is 0.0720. The monoisotopic (exact) mass is 993 g/mol. The van der Waals surface area contributed by atoms with Gasteiger partial charge in [0.15, 0.2) is 19.8 Å². The lowest BCUT2D eigenvalue weighted by atomic mass is 10.0. The van der Waals surface area contributed by atoms with Crippen LogP contribution in [0.2, 0.25) is 15.1 Å². The fraction of sp³-hybridized carbons (Fsp3) is 0.278. The van der Waals surface area contributed by atoms with Crippen molar-refractivity contribution in [2.45, 2.75) is 58.9 Å². The number of carbonyl (C=O) groups excluding carboxylic acids is 3. The maximum absolute atomic E-state index is 12.8. The van der Waals surface area contributed by atoms with Gasteiger partial charge in [0.25, 0.3) is 0 Å². The average molecular weight is 995 g/mol. The van der Waals surface area contributed by atoms with E-state index in [0.29, 0.717) is 125 Å². The molecule has 69 heavy (non-hydrogen) atoms. The van der Waals surface area contributed by atoms with E-state index in [1.54, 1.807) is 0 Å². The van der Waals surface area contributed by atoms with Gasteiger partial charge in [-0.05, 0) is 53.1 Å². The molecule has 0 N–H and O–H groups in total. The van der Waals surface area contributed by atoms with Gasteiger partial charge in [0.2, 0.25) is 0 Å². The summed E-state index contributed by atoms with van der Waals surface area (Å²) in [6, 6.07) is 41.2. The lowest BCUT2D eigenvalue weighted by Crippen LogP contribution is -2.28. The number of nitrogens with zero attached hydrogens (tertiary/aromatic N) is 3. The highest BCUT2D eigenvalue weighted by Crippen LogP contribution is 2.38. The topological polar surface area (TPSA) is 116 Å². The summed E-state index contributed by atoms with van der Waals surface area (Å²) in [6.45, 7) is 2.09. The largest absolute Gasteiger partial charge is 0.481 e. The maximum Gasteiger partial charge on any atom is 0.343 e. The number of rotatable bonds is 15. The smallest absolute Gasteiger partial charge is 0.343 e. The zero-order chi connectivity index (χ0) is 48.7. The van der Waals surface area contributed by atoms with Crippen LogP contribution in [0.3, 0.4) is 0 Å². The Morgan fingerprint density at radius 1 is 0.391 bits per heavy atom. The Bertz CT molecular complexity index is 2320. The molecule has 0 atom stereocenters. The second-order valence-corrected chi connectivity index (χ2v) is 18.0. The zero-order valence-corrected chi connectivity index (χ0v) is 41.0. The van der Waals surface area contributed by atoms with Crippen molar-refractivity contribution in [2.24, 2.45) is 0 Å².